The molecule has 12 heteroatoms. The summed E-state index contributed by atoms with van der Waals surface area (Å²) in [5, 5.41) is 34.0. The molecule has 0 radical (unpaired) electrons. The van der Waals surface area contributed by atoms with Crippen molar-refractivity contribution in [2.45, 2.75) is 19.9 Å². The lowest BCUT2D eigenvalue weighted by molar-refractivity contribution is -0.514. The van der Waals surface area contributed by atoms with E-state index in [4.69, 9.17) is 27.7 Å². The maximum Gasteiger partial charge on any atom is 0.336 e. The Morgan fingerprint density at radius 2 is 2.00 bits per heavy atom. The summed E-state index contributed by atoms with van der Waals surface area (Å²) in [5.41, 5.74) is -0.114. The van der Waals surface area contributed by atoms with Gasteiger partial charge in [0.05, 0.1) is 20.3 Å². The summed E-state index contributed by atoms with van der Waals surface area (Å²) in [6.45, 7) is 3.22. The summed E-state index contributed by atoms with van der Waals surface area (Å²) < 4.78 is 5.57. The summed E-state index contributed by atoms with van der Waals surface area (Å²) in [6.07, 6.45) is 0. The number of nitro benzene ring substituents is 1. The average molecular weight is 414 g/mol. The molecule has 27 heavy (non-hydrogen) atoms. The summed E-state index contributed by atoms with van der Waals surface area (Å²) in [6, 6.07) is 1.31. The van der Waals surface area contributed by atoms with Gasteiger partial charge in [0.2, 0.25) is 17.6 Å². The molecule has 1 aromatic heterocycles. The molecule has 0 aliphatic carbocycles. The van der Waals surface area contributed by atoms with Gasteiger partial charge in [-0.1, -0.05) is 16.8 Å². The van der Waals surface area contributed by atoms with Gasteiger partial charge in [0.25, 0.3) is 5.89 Å². The van der Waals surface area contributed by atoms with Crippen LogP contribution < -0.4 is 0 Å². The van der Waals surface area contributed by atoms with E-state index in [2.05, 4.69) is 10.1 Å². The third kappa shape index (κ3) is 3.02. The third-order valence-electron chi connectivity index (χ3n) is 4.01. The number of phenolic OH excluding ortho intramolecular Hbond substituents is 2. The number of allylic oxidation sites excluding steroid dienone is 2. The van der Waals surface area contributed by atoms with Gasteiger partial charge in [0, 0.05) is 17.9 Å². The molecule has 0 saturated heterocycles. The second kappa shape index (κ2) is 6.63. The molecule has 1 atom stereocenters. The van der Waals surface area contributed by atoms with Crippen molar-refractivity contribution in [3.8, 4) is 23.0 Å². The molecule has 2 N–H and O–H groups in total. The first-order valence-electron chi connectivity index (χ1n) is 7.41. The first-order valence-corrected chi connectivity index (χ1v) is 8.16. The van der Waals surface area contributed by atoms with Gasteiger partial charge in [0.15, 0.2) is 5.75 Å². The summed E-state index contributed by atoms with van der Waals surface area (Å²) in [4.78, 5) is 26.3. The molecule has 0 saturated carbocycles. The fraction of sp³-hybridized carbons (Fsp3) is 0.200. The number of hydrogen-bond donors (Lipinski definition) is 2. The van der Waals surface area contributed by atoms with Crippen LogP contribution in [0.15, 0.2) is 32.4 Å². The molecular weight excluding hydrogens is 403 g/mol. The van der Waals surface area contributed by atoms with Crippen LogP contribution in [-0.4, -0.2) is 36.1 Å². The van der Waals surface area contributed by atoms with E-state index in [-0.39, 0.29) is 33.0 Å². The van der Waals surface area contributed by atoms with Gasteiger partial charge in [-0.2, -0.15) is 4.98 Å². The van der Waals surface area contributed by atoms with Crippen LogP contribution in [0.3, 0.4) is 0 Å². The molecule has 1 unspecified atom stereocenters. The first kappa shape index (κ1) is 18.8. The van der Waals surface area contributed by atoms with E-state index in [1.54, 1.807) is 13.8 Å². The Balaban J connectivity index is 2.11. The highest BCUT2D eigenvalue weighted by molar-refractivity contribution is 6.35. The van der Waals surface area contributed by atoms with E-state index in [1.807, 2.05) is 0 Å². The van der Waals surface area contributed by atoms with Crippen LogP contribution >= 0.6 is 23.2 Å². The lowest BCUT2D eigenvalue weighted by atomic mass is 10.0. The largest absolute Gasteiger partial charge is 0.504 e. The molecule has 3 rings (SSSR count). The number of nitro groups is 1. The maximum absolute atomic E-state index is 12.1. The number of aromatic hydroxyl groups is 2. The van der Waals surface area contributed by atoms with Gasteiger partial charge in [-0.15, -0.1) is 0 Å². The Bertz CT molecular complexity index is 1060. The van der Waals surface area contributed by atoms with E-state index in [9.17, 15) is 25.2 Å². The Hall–Kier alpha value is -2.98. The number of halogens is 2. The van der Waals surface area contributed by atoms with Crippen LogP contribution in [0, 0.1) is 15.0 Å². The fourth-order valence-corrected chi connectivity index (χ4v) is 3.10. The molecule has 0 spiro atoms. The summed E-state index contributed by atoms with van der Waals surface area (Å²) in [7, 11) is 0. The van der Waals surface area contributed by atoms with Crippen molar-refractivity contribution in [1.82, 2.24) is 10.1 Å². The summed E-state index contributed by atoms with van der Waals surface area (Å²) in [5.74, 6) is -1.87. The van der Waals surface area contributed by atoms with E-state index >= 15 is 0 Å². The zero-order valence-corrected chi connectivity index (χ0v) is 15.3. The molecule has 2 heterocycles. The highest BCUT2D eigenvalue weighted by Crippen LogP contribution is 2.41. The van der Waals surface area contributed by atoms with E-state index in [0.717, 1.165) is 12.1 Å². The minimum atomic E-state index is -0.886. The zero-order valence-electron chi connectivity index (χ0n) is 13.8. The minimum absolute atomic E-state index is 0.0108. The van der Waals surface area contributed by atoms with Gasteiger partial charge >= 0.3 is 10.8 Å². The Morgan fingerprint density at radius 3 is 2.63 bits per heavy atom. The van der Waals surface area contributed by atoms with Crippen molar-refractivity contribution in [1.29, 1.82) is 0 Å². The average Bonchev–Trinajstić information content (AvgIpc) is 3.10. The van der Waals surface area contributed by atoms with Gasteiger partial charge in [-0.3, -0.25) is 10.1 Å². The van der Waals surface area contributed by atoms with E-state index < -0.39 is 28.2 Å². The molecule has 2 aromatic rings. The molecule has 0 amide bonds. The topological polar surface area (TPSA) is 143 Å². The van der Waals surface area contributed by atoms with Crippen LogP contribution in [0.5, 0.6) is 11.5 Å². The molecule has 1 aromatic carbocycles. The standard InChI is InChI=1S/C15H10Cl2N4O6/c1-5-10(13(17)20(24)6(2)11(5)16)14-18-15(27-19-14)7-3-8(21(25)26)12(23)9(22)4-7/h3-4,6H,1-2H3,(H-,18,19,22,23,24)/p+1. The van der Waals surface area contributed by atoms with E-state index in [1.165, 1.54) is 0 Å². The van der Waals surface area contributed by atoms with Gasteiger partial charge < -0.3 is 14.7 Å². The van der Waals surface area contributed by atoms with Crippen molar-refractivity contribution in [3.05, 3.63) is 48.7 Å². The van der Waals surface area contributed by atoms with Gasteiger partial charge in [-0.05, 0) is 30.2 Å². The van der Waals surface area contributed by atoms with Crippen molar-refractivity contribution in [2.24, 2.45) is 0 Å². The molecule has 0 bridgehead atoms. The third-order valence-corrected chi connectivity index (χ3v) is 4.97. The minimum Gasteiger partial charge on any atom is -0.504 e. The molecule has 0 fully saturated rings. The Kier molecular flexibility index (Phi) is 4.62. The number of nitroso groups, excluding NO2 is 1. The normalized spacial score (nSPS) is 17.6. The summed E-state index contributed by atoms with van der Waals surface area (Å²) >= 11 is 12.3. The van der Waals surface area contributed by atoms with Crippen LogP contribution in [0.2, 0.25) is 0 Å². The van der Waals surface area contributed by atoms with Crippen molar-refractivity contribution < 1.29 is 24.4 Å². The second-order valence-electron chi connectivity index (χ2n) is 5.68. The second-order valence-corrected chi connectivity index (χ2v) is 6.45. The molecular formula is C15H11Cl2N4O6+. The Labute approximate surface area is 161 Å². The lowest BCUT2D eigenvalue weighted by Gasteiger charge is -2.13. The number of benzene rings is 1. The van der Waals surface area contributed by atoms with Crippen LogP contribution in [0.25, 0.3) is 17.0 Å². The van der Waals surface area contributed by atoms with Gasteiger partial charge in [-0.25, -0.2) is 0 Å². The molecule has 140 valence electrons. The van der Waals surface area contributed by atoms with Crippen LogP contribution in [0.1, 0.15) is 19.7 Å². The van der Waals surface area contributed by atoms with Crippen molar-refractivity contribution in [3.63, 3.8) is 0 Å². The SMILES string of the molecule is CC1=C(Cl)C(C)[N+](=O)C(Cl)=C1c1noc(-c2cc(O)c(O)c([N+](=O)[O-])c2)n1. The maximum atomic E-state index is 12.1. The monoisotopic (exact) mass is 413 g/mol. The Morgan fingerprint density at radius 1 is 1.33 bits per heavy atom. The smallest absolute Gasteiger partial charge is 0.336 e. The zero-order chi connectivity index (χ0) is 20.0. The highest BCUT2D eigenvalue weighted by Gasteiger charge is 2.40. The molecule has 10 nitrogen and oxygen atoms in total. The quantitative estimate of drug-likeness (QED) is 0.255. The number of hydrogen-bond acceptors (Lipinski definition) is 8. The van der Waals surface area contributed by atoms with Crippen LogP contribution in [0.4, 0.5) is 5.69 Å². The van der Waals surface area contributed by atoms with Crippen LogP contribution in [-0.2, 0) is 0 Å². The number of aromatic nitrogens is 2. The molecule has 1 aliphatic heterocycles. The lowest BCUT2D eigenvalue weighted by Crippen LogP contribution is -2.25. The van der Waals surface area contributed by atoms with E-state index in [0.29, 0.717) is 10.3 Å². The number of nitrogens with zero attached hydrogens (tertiary/aromatic N) is 4. The number of phenols is 2. The van der Waals surface area contributed by atoms with Gasteiger partial charge in [0.1, 0.15) is 5.57 Å². The number of rotatable bonds is 3. The predicted molar refractivity (Wildman–Crippen MR) is 94.1 cm³/mol. The van der Waals surface area contributed by atoms with Crippen molar-refractivity contribution >= 4 is 34.5 Å². The highest BCUT2D eigenvalue weighted by atomic mass is 35.5. The first-order chi connectivity index (χ1) is 12.6. The fourth-order valence-electron chi connectivity index (χ4n) is 2.54. The molecule has 1 aliphatic rings. The predicted octanol–water partition coefficient (Wildman–Crippen LogP) is 3.66. The van der Waals surface area contributed by atoms with Crippen molar-refractivity contribution in [2.75, 3.05) is 0 Å².